The van der Waals surface area contributed by atoms with Crippen LogP contribution in [-0.2, 0) is 20.9 Å². The lowest BCUT2D eigenvalue weighted by Gasteiger charge is -2.29. The lowest BCUT2D eigenvalue weighted by atomic mass is 10.2. The lowest BCUT2D eigenvalue weighted by Crippen LogP contribution is -2.47. The summed E-state index contributed by atoms with van der Waals surface area (Å²) in [5.74, 6) is -0.512. The normalized spacial score (nSPS) is 20.3. The first-order chi connectivity index (χ1) is 11.3. The molecule has 1 heterocycles. The summed E-state index contributed by atoms with van der Waals surface area (Å²) in [7, 11) is 0. The maximum Gasteiger partial charge on any atom is 0.412 e. The van der Waals surface area contributed by atoms with Gasteiger partial charge in [0.05, 0.1) is 6.07 Å². The summed E-state index contributed by atoms with van der Waals surface area (Å²) in [5.41, 5.74) is 0.169. The molecule has 6 heteroatoms. The number of carbonyl (C=O) groups is 2. The molecule has 1 aromatic carbocycles. The Bertz CT molecular complexity index is 631. The van der Waals surface area contributed by atoms with Crippen LogP contribution in [0.1, 0.15) is 39.2 Å². The van der Waals surface area contributed by atoms with Gasteiger partial charge in [-0.2, -0.15) is 5.26 Å². The molecule has 128 valence electrons. The molecular formula is C18H22N2O4. The van der Waals surface area contributed by atoms with Crippen LogP contribution in [0, 0.1) is 11.3 Å². The van der Waals surface area contributed by atoms with Crippen LogP contribution >= 0.6 is 0 Å². The highest BCUT2D eigenvalue weighted by Crippen LogP contribution is 2.27. The van der Waals surface area contributed by atoms with E-state index in [1.54, 1.807) is 20.8 Å². The number of nitriles is 1. The molecule has 0 saturated carbocycles. The number of esters is 1. The minimum absolute atomic E-state index is 0.134. The van der Waals surface area contributed by atoms with E-state index in [-0.39, 0.29) is 6.61 Å². The van der Waals surface area contributed by atoms with Crippen LogP contribution in [0.15, 0.2) is 30.3 Å². The molecule has 1 saturated heterocycles. The van der Waals surface area contributed by atoms with E-state index in [2.05, 4.69) is 6.07 Å². The maximum atomic E-state index is 12.4. The molecule has 0 bridgehead atoms. The standard InChI is InChI=1S/C18H22N2O4/c1-18(2,3)24-17(22)20-14(11-19)9-10-15(20)16(21)23-12-13-7-5-4-6-8-13/h4-8,14-15H,9-10,12H2,1-3H3. The molecule has 0 N–H and O–H groups in total. The van der Waals surface area contributed by atoms with Crippen molar-refractivity contribution in [2.45, 2.75) is 57.9 Å². The Morgan fingerprint density at radius 3 is 2.50 bits per heavy atom. The molecule has 1 aromatic rings. The van der Waals surface area contributed by atoms with Gasteiger partial charge < -0.3 is 9.47 Å². The Morgan fingerprint density at radius 1 is 1.25 bits per heavy atom. The number of likely N-dealkylation sites (tertiary alicyclic amines) is 1. The first-order valence-electron chi connectivity index (χ1n) is 7.93. The van der Waals surface area contributed by atoms with Gasteiger partial charge in [0.25, 0.3) is 0 Å². The van der Waals surface area contributed by atoms with E-state index in [1.165, 1.54) is 4.90 Å². The largest absolute Gasteiger partial charge is 0.459 e. The summed E-state index contributed by atoms with van der Waals surface area (Å²) in [5, 5.41) is 9.24. The van der Waals surface area contributed by atoms with Crippen LogP contribution in [0.2, 0.25) is 0 Å². The zero-order chi connectivity index (χ0) is 17.7. The number of benzene rings is 1. The fourth-order valence-electron chi connectivity index (χ4n) is 2.56. The predicted molar refractivity (Wildman–Crippen MR) is 86.7 cm³/mol. The van der Waals surface area contributed by atoms with Crippen LogP contribution in [0.5, 0.6) is 0 Å². The second-order valence-electron chi connectivity index (χ2n) is 6.72. The van der Waals surface area contributed by atoms with Crippen molar-refractivity contribution in [2.75, 3.05) is 0 Å². The molecule has 0 aliphatic carbocycles. The minimum atomic E-state index is -0.784. The molecule has 1 aliphatic heterocycles. The van der Waals surface area contributed by atoms with E-state index in [9.17, 15) is 14.9 Å². The average molecular weight is 330 g/mol. The number of hydrogen-bond donors (Lipinski definition) is 0. The first-order valence-corrected chi connectivity index (χ1v) is 7.93. The van der Waals surface area contributed by atoms with Crippen LogP contribution in [0.25, 0.3) is 0 Å². The summed E-state index contributed by atoms with van der Waals surface area (Å²) in [6.45, 7) is 5.36. The fraction of sp³-hybridized carbons (Fsp3) is 0.500. The fourth-order valence-corrected chi connectivity index (χ4v) is 2.56. The van der Waals surface area contributed by atoms with Crippen molar-refractivity contribution >= 4 is 12.1 Å². The van der Waals surface area contributed by atoms with Crippen LogP contribution in [-0.4, -0.2) is 34.6 Å². The molecule has 1 amide bonds. The van der Waals surface area contributed by atoms with Crippen molar-refractivity contribution in [3.05, 3.63) is 35.9 Å². The predicted octanol–water partition coefficient (Wildman–Crippen LogP) is 3.02. The average Bonchev–Trinajstić information content (AvgIpc) is 2.96. The van der Waals surface area contributed by atoms with E-state index >= 15 is 0 Å². The van der Waals surface area contributed by atoms with E-state index in [0.717, 1.165) is 5.56 Å². The molecule has 6 nitrogen and oxygen atoms in total. The summed E-state index contributed by atoms with van der Waals surface area (Å²) < 4.78 is 10.6. The molecule has 0 radical (unpaired) electrons. The summed E-state index contributed by atoms with van der Waals surface area (Å²) in [6, 6.07) is 9.90. The Kier molecular flexibility index (Phi) is 5.45. The molecular weight excluding hydrogens is 308 g/mol. The van der Waals surface area contributed by atoms with Gasteiger partial charge >= 0.3 is 12.1 Å². The van der Waals surface area contributed by atoms with Crippen LogP contribution in [0.3, 0.4) is 0 Å². The van der Waals surface area contributed by atoms with E-state index < -0.39 is 29.7 Å². The smallest absolute Gasteiger partial charge is 0.412 e. The van der Waals surface area contributed by atoms with E-state index in [0.29, 0.717) is 12.8 Å². The number of carbonyl (C=O) groups excluding carboxylic acids is 2. The van der Waals surface area contributed by atoms with E-state index in [1.807, 2.05) is 30.3 Å². The summed E-state index contributed by atoms with van der Waals surface area (Å²) >= 11 is 0. The van der Waals surface area contributed by atoms with Gasteiger partial charge in [-0.15, -0.1) is 0 Å². The van der Waals surface area contributed by atoms with Gasteiger partial charge in [0.2, 0.25) is 0 Å². The highest BCUT2D eigenvalue weighted by atomic mass is 16.6. The molecule has 1 fully saturated rings. The Morgan fingerprint density at radius 2 is 1.92 bits per heavy atom. The van der Waals surface area contributed by atoms with Crippen LogP contribution < -0.4 is 0 Å². The number of ether oxygens (including phenoxy) is 2. The van der Waals surface area contributed by atoms with Crippen LogP contribution in [0.4, 0.5) is 4.79 Å². The highest BCUT2D eigenvalue weighted by molar-refractivity contribution is 5.82. The minimum Gasteiger partial charge on any atom is -0.459 e. The van der Waals surface area contributed by atoms with Crippen molar-refractivity contribution in [2.24, 2.45) is 0 Å². The topological polar surface area (TPSA) is 79.6 Å². The number of amides is 1. The van der Waals surface area contributed by atoms with Crippen molar-refractivity contribution < 1.29 is 19.1 Å². The number of hydrogen-bond acceptors (Lipinski definition) is 5. The molecule has 2 unspecified atom stereocenters. The second kappa shape index (κ2) is 7.35. The van der Waals surface area contributed by atoms with Gasteiger partial charge in [0, 0.05) is 0 Å². The molecule has 0 aromatic heterocycles. The second-order valence-corrected chi connectivity index (χ2v) is 6.72. The zero-order valence-corrected chi connectivity index (χ0v) is 14.2. The third-order valence-electron chi connectivity index (χ3n) is 3.63. The molecule has 2 atom stereocenters. The number of nitrogens with zero attached hydrogens (tertiary/aromatic N) is 2. The van der Waals surface area contributed by atoms with Crippen molar-refractivity contribution in [3.8, 4) is 6.07 Å². The first kappa shape index (κ1) is 17.8. The Balaban J connectivity index is 2.05. The number of rotatable bonds is 3. The molecule has 2 rings (SSSR count). The maximum absolute atomic E-state index is 12.4. The summed E-state index contributed by atoms with van der Waals surface area (Å²) in [6.07, 6.45) is 0.166. The van der Waals surface area contributed by atoms with Crippen molar-refractivity contribution in [1.29, 1.82) is 5.26 Å². The third-order valence-corrected chi connectivity index (χ3v) is 3.63. The molecule has 1 aliphatic rings. The molecule has 24 heavy (non-hydrogen) atoms. The third kappa shape index (κ3) is 4.48. The SMILES string of the molecule is CC(C)(C)OC(=O)N1C(C#N)CCC1C(=O)OCc1ccccc1. The Labute approximate surface area is 142 Å². The van der Waals surface area contributed by atoms with E-state index in [4.69, 9.17) is 9.47 Å². The highest BCUT2D eigenvalue weighted by Gasteiger charge is 2.44. The van der Waals surface area contributed by atoms with Gasteiger partial charge in [-0.25, -0.2) is 9.59 Å². The summed E-state index contributed by atoms with van der Waals surface area (Å²) in [4.78, 5) is 26.0. The van der Waals surface area contributed by atoms with Gasteiger partial charge in [-0.3, -0.25) is 4.90 Å². The monoisotopic (exact) mass is 330 g/mol. The van der Waals surface area contributed by atoms with Gasteiger partial charge in [0.15, 0.2) is 0 Å². The van der Waals surface area contributed by atoms with Crippen molar-refractivity contribution in [1.82, 2.24) is 4.90 Å². The Hall–Kier alpha value is -2.55. The van der Waals surface area contributed by atoms with Gasteiger partial charge in [0.1, 0.15) is 24.3 Å². The van der Waals surface area contributed by atoms with Gasteiger partial charge in [-0.05, 0) is 39.2 Å². The quantitative estimate of drug-likeness (QED) is 0.796. The zero-order valence-electron chi connectivity index (χ0n) is 14.2. The van der Waals surface area contributed by atoms with Crippen molar-refractivity contribution in [3.63, 3.8) is 0 Å². The lowest BCUT2D eigenvalue weighted by molar-refractivity contribution is -0.150. The molecule has 0 spiro atoms. The van der Waals surface area contributed by atoms with Gasteiger partial charge in [-0.1, -0.05) is 30.3 Å².